The van der Waals surface area contributed by atoms with Crippen molar-refractivity contribution in [2.24, 2.45) is 0 Å². The van der Waals surface area contributed by atoms with E-state index in [-0.39, 0.29) is 0 Å². The van der Waals surface area contributed by atoms with Gasteiger partial charge in [-0.2, -0.15) is 0 Å². The zero-order valence-electron chi connectivity index (χ0n) is 18.6. The van der Waals surface area contributed by atoms with Crippen LogP contribution >= 0.6 is 0 Å². The molecule has 3 aromatic rings. The Hall–Kier alpha value is -2.63. The van der Waals surface area contributed by atoms with Crippen LogP contribution in [0.5, 0.6) is 0 Å². The number of para-hydroxylation sites is 1. The van der Waals surface area contributed by atoms with Crippen LogP contribution in [-0.2, 0) is 23.0 Å². The first-order valence-corrected chi connectivity index (χ1v) is 13.0. The molecule has 4 nitrogen and oxygen atoms in total. The summed E-state index contributed by atoms with van der Waals surface area (Å²) in [5, 5.41) is 0. The summed E-state index contributed by atoms with van der Waals surface area (Å²) in [4.78, 5) is 2.87. The largest absolute Gasteiger partial charge is 0.303 e. The number of piperidine rings is 1. The highest BCUT2D eigenvalue weighted by Gasteiger charge is 2.25. The highest BCUT2D eigenvalue weighted by atomic mass is 32.2. The van der Waals surface area contributed by atoms with Crippen LogP contribution in [-0.4, -0.2) is 33.0 Å². The average Bonchev–Trinajstić information content (AvgIpc) is 2.85. The smallest absolute Gasteiger partial charge is 0.264 e. The van der Waals surface area contributed by atoms with Gasteiger partial charge in [-0.25, -0.2) is 8.42 Å². The molecule has 0 aromatic heterocycles. The fourth-order valence-electron chi connectivity index (χ4n) is 4.42. The van der Waals surface area contributed by atoms with Crippen molar-refractivity contribution in [2.75, 3.05) is 23.9 Å². The lowest BCUT2D eigenvalue weighted by atomic mass is 10.0. The minimum absolute atomic E-state index is 0.312. The first-order chi connectivity index (χ1) is 15.6. The molecular formula is C27H32N2O2S. The predicted octanol–water partition coefficient (Wildman–Crippen LogP) is 5.50. The van der Waals surface area contributed by atoms with E-state index in [1.54, 1.807) is 24.3 Å². The Kier molecular flexibility index (Phi) is 7.61. The monoisotopic (exact) mass is 448 g/mol. The van der Waals surface area contributed by atoms with Gasteiger partial charge in [-0.3, -0.25) is 4.31 Å². The molecule has 1 aliphatic heterocycles. The molecule has 4 rings (SSSR count). The zero-order chi connectivity index (χ0) is 22.2. The van der Waals surface area contributed by atoms with Crippen LogP contribution in [0.15, 0.2) is 89.8 Å². The lowest BCUT2D eigenvalue weighted by Crippen LogP contribution is -2.31. The van der Waals surface area contributed by atoms with Gasteiger partial charge >= 0.3 is 0 Å². The highest BCUT2D eigenvalue weighted by molar-refractivity contribution is 7.92. The molecule has 0 N–H and O–H groups in total. The van der Waals surface area contributed by atoms with E-state index < -0.39 is 10.0 Å². The lowest BCUT2D eigenvalue weighted by Gasteiger charge is -2.27. The Morgan fingerprint density at radius 3 is 2.00 bits per heavy atom. The minimum atomic E-state index is -3.68. The normalized spacial score (nSPS) is 14.9. The Labute approximate surface area is 192 Å². The third-order valence-electron chi connectivity index (χ3n) is 6.18. The number of nitrogens with zero attached hydrogens (tertiary/aromatic N) is 2. The van der Waals surface area contributed by atoms with E-state index in [1.165, 1.54) is 42.2 Å². The Morgan fingerprint density at radius 2 is 1.31 bits per heavy atom. The molecule has 168 valence electrons. The molecule has 0 radical (unpaired) electrons. The lowest BCUT2D eigenvalue weighted by molar-refractivity contribution is 0.226. The maximum atomic E-state index is 13.6. The van der Waals surface area contributed by atoms with Gasteiger partial charge in [0.25, 0.3) is 10.0 Å². The summed E-state index contributed by atoms with van der Waals surface area (Å²) in [6.45, 7) is 3.84. The molecule has 32 heavy (non-hydrogen) atoms. The summed E-state index contributed by atoms with van der Waals surface area (Å²) in [5.74, 6) is 0. The van der Waals surface area contributed by atoms with E-state index >= 15 is 0 Å². The first kappa shape index (κ1) is 22.6. The van der Waals surface area contributed by atoms with Crippen molar-refractivity contribution in [2.45, 2.75) is 43.5 Å². The van der Waals surface area contributed by atoms with Crippen molar-refractivity contribution in [3.05, 3.63) is 96.1 Å². The molecule has 0 spiro atoms. The molecule has 1 heterocycles. The second-order valence-electron chi connectivity index (χ2n) is 8.43. The number of aryl methyl sites for hydroxylation is 1. The number of anilines is 1. The Bertz CT molecular complexity index is 1080. The molecule has 0 saturated carbocycles. The van der Waals surface area contributed by atoms with Crippen molar-refractivity contribution >= 4 is 15.7 Å². The number of likely N-dealkylation sites (tertiary alicyclic amines) is 1. The summed E-state index contributed by atoms with van der Waals surface area (Å²) in [5.41, 5.74) is 2.97. The average molecular weight is 449 g/mol. The van der Waals surface area contributed by atoms with E-state index in [2.05, 4.69) is 23.1 Å². The maximum absolute atomic E-state index is 13.6. The minimum Gasteiger partial charge on any atom is -0.303 e. The van der Waals surface area contributed by atoms with Crippen molar-refractivity contribution in [1.29, 1.82) is 0 Å². The van der Waals surface area contributed by atoms with Gasteiger partial charge in [0.15, 0.2) is 0 Å². The molecule has 0 atom stereocenters. The van der Waals surface area contributed by atoms with Gasteiger partial charge < -0.3 is 4.90 Å². The van der Waals surface area contributed by atoms with Crippen LogP contribution in [0.2, 0.25) is 0 Å². The predicted molar refractivity (Wildman–Crippen MR) is 131 cm³/mol. The quantitative estimate of drug-likeness (QED) is 0.434. The molecule has 5 heteroatoms. The van der Waals surface area contributed by atoms with Crippen LogP contribution in [0, 0.1) is 0 Å². The van der Waals surface area contributed by atoms with Gasteiger partial charge in [0, 0.05) is 0 Å². The second-order valence-corrected chi connectivity index (χ2v) is 10.3. The van der Waals surface area contributed by atoms with Gasteiger partial charge in [-0.05, 0) is 80.7 Å². The summed E-state index contributed by atoms with van der Waals surface area (Å²) in [6.07, 6.45) is 6.01. The van der Waals surface area contributed by atoms with E-state index in [0.29, 0.717) is 17.1 Å². The summed E-state index contributed by atoms with van der Waals surface area (Å²) in [6, 6.07) is 26.4. The van der Waals surface area contributed by atoms with E-state index in [4.69, 9.17) is 0 Å². The molecular weight excluding hydrogens is 416 g/mol. The summed E-state index contributed by atoms with van der Waals surface area (Å²) >= 11 is 0. The molecule has 1 fully saturated rings. The number of benzene rings is 3. The van der Waals surface area contributed by atoms with Gasteiger partial charge in [-0.1, -0.05) is 67.1 Å². The van der Waals surface area contributed by atoms with Gasteiger partial charge in [0.1, 0.15) is 0 Å². The number of rotatable bonds is 9. The molecule has 0 amide bonds. The number of hydrogen-bond acceptors (Lipinski definition) is 3. The highest BCUT2D eigenvalue weighted by Crippen LogP contribution is 2.27. The van der Waals surface area contributed by atoms with Crippen molar-refractivity contribution in [3.63, 3.8) is 0 Å². The second kappa shape index (κ2) is 10.8. The standard InChI is InChI=1S/C27H32N2O2S/c30-32(31,27-18-6-2-7-19-27)29(26-16-4-1-5-17-26)23-25-14-9-8-13-24(25)15-12-22-28-20-10-3-11-21-28/h1-2,4-9,13-14,16-19H,3,10-12,15,20-23H2. The summed E-state index contributed by atoms with van der Waals surface area (Å²) in [7, 11) is -3.68. The summed E-state index contributed by atoms with van der Waals surface area (Å²) < 4.78 is 28.7. The third kappa shape index (κ3) is 5.59. The maximum Gasteiger partial charge on any atom is 0.264 e. The topological polar surface area (TPSA) is 40.6 Å². The fourth-order valence-corrected chi connectivity index (χ4v) is 5.88. The number of hydrogen-bond donors (Lipinski definition) is 0. The molecule has 0 aliphatic carbocycles. The van der Waals surface area contributed by atoms with Crippen LogP contribution < -0.4 is 4.31 Å². The van der Waals surface area contributed by atoms with E-state index in [0.717, 1.165) is 24.9 Å². The Morgan fingerprint density at radius 1 is 0.719 bits per heavy atom. The van der Waals surface area contributed by atoms with Crippen LogP contribution in [0.3, 0.4) is 0 Å². The zero-order valence-corrected chi connectivity index (χ0v) is 19.4. The van der Waals surface area contributed by atoms with Gasteiger partial charge in [0.05, 0.1) is 17.1 Å². The SMILES string of the molecule is O=S(=O)(c1ccccc1)N(Cc1ccccc1CCCN1CCCCC1)c1ccccc1. The molecule has 1 aliphatic rings. The van der Waals surface area contributed by atoms with Gasteiger partial charge in [0.2, 0.25) is 0 Å². The molecule has 1 saturated heterocycles. The fraction of sp³-hybridized carbons (Fsp3) is 0.333. The third-order valence-corrected chi connectivity index (χ3v) is 7.96. The van der Waals surface area contributed by atoms with Gasteiger partial charge in [-0.15, -0.1) is 0 Å². The van der Waals surface area contributed by atoms with Crippen molar-refractivity contribution < 1.29 is 8.42 Å². The van der Waals surface area contributed by atoms with E-state index in [9.17, 15) is 8.42 Å². The molecule has 0 bridgehead atoms. The number of sulfonamides is 1. The van der Waals surface area contributed by atoms with Crippen molar-refractivity contribution in [1.82, 2.24) is 4.90 Å². The van der Waals surface area contributed by atoms with E-state index in [1.807, 2.05) is 42.5 Å². The van der Waals surface area contributed by atoms with Crippen LogP contribution in [0.4, 0.5) is 5.69 Å². The van der Waals surface area contributed by atoms with Crippen LogP contribution in [0.25, 0.3) is 0 Å². The first-order valence-electron chi connectivity index (χ1n) is 11.6. The molecule has 3 aromatic carbocycles. The molecule has 0 unspecified atom stereocenters. The van der Waals surface area contributed by atoms with Crippen LogP contribution in [0.1, 0.15) is 36.8 Å². The Balaban J connectivity index is 1.56. The van der Waals surface area contributed by atoms with Crippen molar-refractivity contribution in [3.8, 4) is 0 Å².